The average molecular weight is 418 g/mol. The maximum atomic E-state index is 9.67. The van der Waals surface area contributed by atoms with E-state index < -0.39 is 0 Å². The van der Waals surface area contributed by atoms with E-state index in [1.165, 1.54) is 12.7 Å². The zero-order chi connectivity index (χ0) is 21.8. The third kappa shape index (κ3) is 4.23. The Morgan fingerprint density at radius 3 is 2.71 bits per heavy atom. The first-order valence-corrected chi connectivity index (χ1v) is 10.3. The molecule has 0 aliphatic carbocycles. The van der Waals surface area contributed by atoms with Gasteiger partial charge in [-0.25, -0.2) is 4.98 Å². The molecular weight excluding hydrogens is 392 g/mol. The van der Waals surface area contributed by atoms with Gasteiger partial charge in [0.2, 0.25) is 5.95 Å². The normalized spacial score (nSPS) is 11.1. The van der Waals surface area contributed by atoms with Gasteiger partial charge in [0.1, 0.15) is 11.4 Å². The lowest BCUT2D eigenvalue weighted by Gasteiger charge is -2.14. The number of methoxy groups -OCH3 is 1. The summed E-state index contributed by atoms with van der Waals surface area (Å²) >= 11 is 0. The number of ether oxygens (including phenoxy) is 1. The first kappa shape index (κ1) is 20.8. The van der Waals surface area contributed by atoms with Gasteiger partial charge in [0.25, 0.3) is 0 Å². The van der Waals surface area contributed by atoms with Crippen LogP contribution in [0.4, 0.5) is 11.6 Å². The number of anilines is 2. The molecule has 0 aliphatic heterocycles. The van der Waals surface area contributed by atoms with Gasteiger partial charge in [-0.05, 0) is 41.8 Å². The number of fused-ring (bicyclic) bond motifs is 1. The largest absolute Gasteiger partial charge is 0.496 e. The van der Waals surface area contributed by atoms with Crippen LogP contribution in [0.15, 0.2) is 54.9 Å². The molecule has 31 heavy (non-hydrogen) atoms. The Hall–Kier alpha value is -3.42. The van der Waals surface area contributed by atoms with Gasteiger partial charge in [-0.1, -0.05) is 25.5 Å². The van der Waals surface area contributed by atoms with E-state index in [0.29, 0.717) is 28.5 Å². The van der Waals surface area contributed by atoms with Crippen LogP contribution < -0.4 is 10.1 Å². The van der Waals surface area contributed by atoms with E-state index in [1.807, 2.05) is 12.3 Å². The lowest BCUT2D eigenvalue weighted by Crippen LogP contribution is -2.03. The number of benzene rings is 2. The quantitative estimate of drug-likeness (QED) is 0.399. The van der Waals surface area contributed by atoms with Crippen molar-refractivity contribution in [2.24, 2.45) is 0 Å². The molecule has 0 radical (unpaired) electrons. The molecule has 0 saturated heterocycles. The molecule has 7 heteroatoms. The number of nitrogens with one attached hydrogen (secondary N) is 1. The minimum absolute atomic E-state index is 0.210. The fraction of sp³-hybridized carbons (Fsp3) is 0.250. The van der Waals surface area contributed by atoms with Gasteiger partial charge in [-0.3, -0.25) is 0 Å². The van der Waals surface area contributed by atoms with Gasteiger partial charge in [0.05, 0.1) is 20.3 Å². The van der Waals surface area contributed by atoms with Gasteiger partial charge >= 0.3 is 0 Å². The summed E-state index contributed by atoms with van der Waals surface area (Å²) in [4.78, 5) is 9.15. The van der Waals surface area contributed by atoms with Crippen LogP contribution in [0.25, 0.3) is 16.7 Å². The molecule has 0 amide bonds. The summed E-state index contributed by atoms with van der Waals surface area (Å²) < 4.78 is 7.42. The molecule has 3 N–H and O–H groups in total. The van der Waals surface area contributed by atoms with Crippen LogP contribution in [-0.2, 0) is 19.6 Å². The fourth-order valence-corrected chi connectivity index (χ4v) is 3.74. The van der Waals surface area contributed by atoms with Crippen LogP contribution in [-0.4, -0.2) is 31.9 Å². The van der Waals surface area contributed by atoms with E-state index >= 15 is 0 Å². The summed E-state index contributed by atoms with van der Waals surface area (Å²) in [5, 5.41) is 23.4. The highest BCUT2D eigenvalue weighted by atomic mass is 16.5. The van der Waals surface area contributed by atoms with Crippen molar-refractivity contribution in [1.82, 2.24) is 14.5 Å². The van der Waals surface area contributed by atoms with Gasteiger partial charge in [-0.2, -0.15) is 4.98 Å². The van der Waals surface area contributed by atoms with Crippen LogP contribution in [0.5, 0.6) is 5.75 Å². The van der Waals surface area contributed by atoms with Gasteiger partial charge in [0.15, 0.2) is 0 Å². The lowest BCUT2D eigenvalue weighted by atomic mass is 10.1. The Balaban J connectivity index is 1.71. The number of hydrogen-bond acceptors (Lipinski definition) is 6. The Morgan fingerprint density at radius 2 is 1.97 bits per heavy atom. The molecular formula is C24H26N4O3. The molecule has 0 bridgehead atoms. The predicted molar refractivity (Wildman–Crippen MR) is 121 cm³/mol. The number of aryl methyl sites for hydroxylation is 1. The van der Waals surface area contributed by atoms with Crippen molar-refractivity contribution in [3.05, 3.63) is 71.5 Å². The second-order valence-corrected chi connectivity index (χ2v) is 7.34. The predicted octanol–water partition coefficient (Wildman–Crippen LogP) is 4.11. The molecule has 0 fully saturated rings. The summed E-state index contributed by atoms with van der Waals surface area (Å²) in [5.41, 5.74) is 4.96. The van der Waals surface area contributed by atoms with Crippen LogP contribution >= 0.6 is 0 Å². The van der Waals surface area contributed by atoms with Crippen molar-refractivity contribution in [2.45, 2.75) is 33.0 Å². The molecule has 0 spiro atoms. The van der Waals surface area contributed by atoms with E-state index in [2.05, 4.69) is 46.1 Å². The van der Waals surface area contributed by atoms with Crippen LogP contribution in [0, 0.1) is 0 Å². The summed E-state index contributed by atoms with van der Waals surface area (Å²) in [7, 11) is 1.53. The fourth-order valence-electron chi connectivity index (χ4n) is 3.74. The van der Waals surface area contributed by atoms with E-state index in [-0.39, 0.29) is 13.2 Å². The molecule has 7 nitrogen and oxygen atoms in total. The van der Waals surface area contributed by atoms with E-state index in [9.17, 15) is 10.2 Å². The minimum atomic E-state index is -0.216. The Bertz CT molecular complexity index is 1180. The number of nitrogens with zero attached hydrogens (tertiary/aromatic N) is 3. The van der Waals surface area contributed by atoms with E-state index in [4.69, 9.17) is 9.72 Å². The molecule has 2 aromatic heterocycles. The number of hydrogen-bond donors (Lipinski definition) is 3. The molecule has 0 aliphatic rings. The SMILES string of the molecule is CCCc1cccc(-n2ccc3cnc(Nc4cc(CO)c(CO)c(OC)c4)nc32)c1. The van der Waals surface area contributed by atoms with Crippen molar-refractivity contribution < 1.29 is 14.9 Å². The number of aliphatic hydroxyl groups excluding tert-OH is 2. The van der Waals surface area contributed by atoms with Crippen molar-refractivity contribution in [3.63, 3.8) is 0 Å². The topological polar surface area (TPSA) is 92.4 Å². The first-order valence-electron chi connectivity index (χ1n) is 10.3. The Morgan fingerprint density at radius 1 is 1.10 bits per heavy atom. The van der Waals surface area contributed by atoms with Crippen LogP contribution in [0.1, 0.15) is 30.0 Å². The standard InChI is InChI=1S/C24H26N4O3/c1-3-5-16-6-4-7-20(10-16)28-9-8-17-13-25-24(27-23(17)28)26-19-11-18(14-29)21(15-30)22(12-19)31-2/h4,6-13,29-30H,3,5,14-15H2,1-2H3,(H,25,26,27). The molecule has 0 atom stereocenters. The zero-order valence-electron chi connectivity index (χ0n) is 17.7. The lowest BCUT2D eigenvalue weighted by molar-refractivity contribution is 0.254. The monoisotopic (exact) mass is 418 g/mol. The summed E-state index contributed by atoms with van der Waals surface area (Å²) in [6.45, 7) is 1.75. The zero-order valence-corrected chi connectivity index (χ0v) is 17.7. The molecule has 2 heterocycles. The van der Waals surface area contributed by atoms with Crippen LogP contribution in [0.2, 0.25) is 0 Å². The Labute approximate surface area is 181 Å². The third-order valence-electron chi connectivity index (χ3n) is 5.26. The maximum absolute atomic E-state index is 9.67. The molecule has 4 rings (SSSR count). The van der Waals surface area contributed by atoms with Gasteiger partial charge in [0, 0.05) is 40.8 Å². The smallest absolute Gasteiger partial charge is 0.229 e. The van der Waals surface area contributed by atoms with Crippen molar-refractivity contribution in [1.29, 1.82) is 0 Å². The molecule has 0 saturated carbocycles. The van der Waals surface area contributed by atoms with Crippen molar-refractivity contribution in [3.8, 4) is 11.4 Å². The van der Waals surface area contributed by atoms with Crippen LogP contribution in [0.3, 0.4) is 0 Å². The average Bonchev–Trinajstić information content (AvgIpc) is 3.22. The summed E-state index contributed by atoms with van der Waals surface area (Å²) in [6, 6.07) is 14.0. The molecule has 2 aromatic carbocycles. The number of aromatic nitrogens is 3. The van der Waals surface area contributed by atoms with Gasteiger partial charge in [-0.15, -0.1) is 0 Å². The highest BCUT2D eigenvalue weighted by Crippen LogP contribution is 2.29. The number of rotatable bonds is 8. The van der Waals surface area contributed by atoms with Gasteiger partial charge < -0.3 is 24.8 Å². The maximum Gasteiger partial charge on any atom is 0.229 e. The Kier molecular flexibility index (Phi) is 6.16. The van der Waals surface area contributed by atoms with E-state index in [1.54, 1.807) is 18.3 Å². The second kappa shape index (κ2) is 9.16. The second-order valence-electron chi connectivity index (χ2n) is 7.34. The summed E-state index contributed by atoms with van der Waals surface area (Å²) in [6.07, 6.45) is 5.91. The number of aliphatic hydroxyl groups is 2. The molecule has 4 aromatic rings. The third-order valence-corrected chi connectivity index (χ3v) is 5.26. The first-order chi connectivity index (χ1) is 15.2. The summed E-state index contributed by atoms with van der Waals surface area (Å²) in [5.74, 6) is 0.925. The van der Waals surface area contributed by atoms with Crippen molar-refractivity contribution in [2.75, 3.05) is 12.4 Å². The van der Waals surface area contributed by atoms with Crippen molar-refractivity contribution >= 4 is 22.7 Å². The minimum Gasteiger partial charge on any atom is -0.496 e. The highest BCUT2D eigenvalue weighted by Gasteiger charge is 2.13. The van der Waals surface area contributed by atoms with E-state index in [0.717, 1.165) is 29.6 Å². The molecule has 0 unspecified atom stereocenters. The molecule has 160 valence electrons. The highest BCUT2D eigenvalue weighted by molar-refractivity contribution is 5.79.